The van der Waals surface area contributed by atoms with Gasteiger partial charge in [0.15, 0.2) is 0 Å². The SMILES string of the molecule is COc1cccc(C(C)(CN)Cc2cccnc2)c1. The number of nitrogens with zero attached hydrogens (tertiary/aromatic N) is 1. The van der Waals surface area contributed by atoms with Gasteiger partial charge in [0, 0.05) is 24.4 Å². The van der Waals surface area contributed by atoms with Gasteiger partial charge in [-0.2, -0.15) is 0 Å². The Morgan fingerprint density at radius 1 is 1.26 bits per heavy atom. The van der Waals surface area contributed by atoms with Gasteiger partial charge in [-0.05, 0) is 35.7 Å². The van der Waals surface area contributed by atoms with Crippen molar-refractivity contribution in [3.8, 4) is 5.75 Å². The highest BCUT2D eigenvalue weighted by molar-refractivity contribution is 5.35. The number of ether oxygens (including phenoxy) is 1. The molecule has 100 valence electrons. The van der Waals surface area contributed by atoms with Crippen LogP contribution in [-0.4, -0.2) is 18.6 Å². The van der Waals surface area contributed by atoms with Crippen molar-refractivity contribution < 1.29 is 4.74 Å². The lowest BCUT2D eigenvalue weighted by Crippen LogP contribution is -2.34. The molecular weight excluding hydrogens is 236 g/mol. The molecule has 0 saturated carbocycles. The fourth-order valence-electron chi connectivity index (χ4n) is 2.24. The van der Waals surface area contributed by atoms with Crippen molar-refractivity contribution in [3.63, 3.8) is 0 Å². The average Bonchev–Trinajstić information content (AvgIpc) is 2.48. The molecule has 0 saturated heterocycles. The minimum atomic E-state index is -0.114. The van der Waals surface area contributed by atoms with E-state index < -0.39 is 0 Å². The molecule has 3 heteroatoms. The fraction of sp³-hybridized carbons (Fsp3) is 0.312. The summed E-state index contributed by atoms with van der Waals surface area (Å²) in [6, 6.07) is 12.2. The second-order valence-electron chi connectivity index (χ2n) is 5.03. The Morgan fingerprint density at radius 3 is 2.74 bits per heavy atom. The van der Waals surface area contributed by atoms with E-state index in [0.717, 1.165) is 12.2 Å². The van der Waals surface area contributed by atoms with E-state index in [-0.39, 0.29) is 5.41 Å². The first-order valence-electron chi connectivity index (χ1n) is 6.41. The summed E-state index contributed by atoms with van der Waals surface area (Å²) in [7, 11) is 1.68. The van der Waals surface area contributed by atoms with Gasteiger partial charge in [-0.15, -0.1) is 0 Å². The summed E-state index contributed by atoms with van der Waals surface area (Å²) >= 11 is 0. The zero-order chi connectivity index (χ0) is 13.7. The third kappa shape index (κ3) is 3.12. The zero-order valence-corrected chi connectivity index (χ0v) is 11.5. The van der Waals surface area contributed by atoms with Crippen molar-refractivity contribution in [1.29, 1.82) is 0 Å². The standard InChI is InChI=1S/C16H20N2O/c1-16(12-17,10-13-5-4-8-18-11-13)14-6-3-7-15(9-14)19-2/h3-9,11H,10,12,17H2,1-2H3. The molecule has 0 aliphatic rings. The minimum Gasteiger partial charge on any atom is -0.497 e. The highest BCUT2D eigenvalue weighted by atomic mass is 16.5. The second-order valence-corrected chi connectivity index (χ2v) is 5.03. The first-order valence-corrected chi connectivity index (χ1v) is 6.41. The maximum atomic E-state index is 6.02. The Hall–Kier alpha value is -1.87. The van der Waals surface area contributed by atoms with Gasteiger partial charge in [0.05, 0.1) is 7.11 Å². The smallest absolute Gasteiger partial charge is 0.119 e. The van der Waals surface area contributed by atoms with E-state index in [1.807, 2.05) is 24.4 Å². The monoisotopic (exact) mass is 256 g/mol. The van der Waals surface area contributed by atoms with Crippen molar-refractivity contribution in [3.05, 3.63) is 59.9 Å². The molecule has 0 fully saturated rings. The normalized spacial score (nSPS) is 13.8. The van der Waals surface area contributed by atoms with Crippen molar-refractivity contribution in [2.75, 3.05) is 13.7 Å². The molecule has 1 aromatic heterocycles. The maximum absolute atomic E-state index is 6.02. The molecule has 0 bridgehead atoms. The van der Waals surface area contributed by atoms with Gasteiger partial charge in [-0.25, -0.2) is 0 Å². The molecule has 1 atom stereocenters. The molecule has 1 unspecified atom stereocenters. The Kier molecular flexibility index (Phi) is 4.17. The highest BCUT2D eigenvalue weighted by Crippen LogP contribution is 2.29. The largest absolute Gasteiger partial charge is 0.497 e. The summed E-state index contributed by atoms with van der Waals surface area (Å²) in [4.78, 5) is 4.17. The van der Waals surface area contributed by atoms with Crippen LogP contribution < -0.4 is 10.5 Å². The topological polar surface area (TPSA) is 48.1 Å². The van der Waals surface area contributed by atoms with E-state index in [2.05, 4.69) is 30.1 Å². The van der Waals surface area contributed by atoms with Gasteiger partial charge < -0.3 is 10.5 Å². The number of hydrogen-bond donors (Lipinski definition) is 1. The Balaban J connectivity index is 2.30. The van der Waals surface area contributed by atoms with Crippen LogP contribution in [0.4, 0.5) is 0 Å². The van der Waals surface area contributed by atoms with E-state index >= 15 is 0 Å². The minimum absolute atomic E-state index is 0.114. The van der Waals surface area contributed by atoms with Crippen molar-refractivity contribution in [2.45, 2.75) is 18.8 Å². The number of pyridine rings is 1. The van der Waals surface area contributed by atoms with Crippen LogP contribution in [0.1, 0.15) is 18.1 Å². The van der Waals surface area contributed by atoms with Crippen LogP contribution in [0.25, 0.3) is 0 Å². The number of benzene rings is 1. The van der Waals surface area contributed by atoms with Crippen molar-refractivity contribution >= 4 is 0 Å². The van der Waals surface area contributed by atoms with Gasteiger partial charge >= 0.3 is 0 Å². The molecule has 0 spiro atoms. The molecule has 2 aromatic rings. The number of nitrogens with two attached hydrogens (primary N) is 1. The van der Waals surface area contributed by atoms with E-state index in [4.69, 9.17) is 10.5 Å². The van der Waals surface area contributed by atoms with Crippen LogP contribution in [0.15, 0.2) is 48.8 Å². The number of aromatic nitrogens is 1. The Labute approximate surface area is 114 Å². The lowest BCUT2D eigenvalue weighted by molar-refractivity contribution is 0.410. The van der Waals surface area contributed by atoms with Crippen LogP contribution in [0.2, 0.25) is 0 Å². The van der Waals surface area contributed by atoms with Crippen LogP contribution >= 0.6 is 0 Å². The predicted octanol–water partition coefficient (Wildman–Crippen LogP) is 2.55. The van der Waals surface area contributed by atoms with Crippen molar-refractivity contribution in [1.82, 2.24) is 4.98 Å². The van der Waals surface area contributed by atoms with Gasteiger partial charge in [0.2, 0.25) is 0 Å². The molecule has 19 heavy (non-hydrogen) atoms. The third-order valence-electron chi connectivity index (χ3n) is 3.53. The van der Waals surface area contributed by atoms with Crippen molar-refractivity contribution in [2.24, 2.45) is 5.73 Å². The first-order chi connectivity index (χ1) is 9.18. The number of methoxy groups -OCH3 is 1. The van der Waals surface area contributed by atoms with E-state index in [1.165, 1.54) is 11.1 Å². The summed E-state index contributed by atoms with van der Waals surface area (Å²) in [6.45, 7) is 2.75. The summed E-state index contributed by atoms with van der Waals surface area (Å²) in [5, 5.41) is 0. The highest BCUT2D eigenvalue weighted by Gasteiger charge is 2.25. The molecular formula is C16H20N2O. The summed E-state index contributed by atoms with van der Waals surface area (Å²) in [6.07, 6.45) is 4.55. The van der Waals surface area contributed by atoms with E-state index in [1.54, 1.807) is 13.3 Å². The summed E-state index contributed by atoms with van der Waals surface area (Å²) in [5.74, 6) is 0.864. The Bertz CT molecular complexity index is 527. The maximum Gasteiger partial charge on any atom is 0.119 e. The van der Waals surface area contributed by atoms with Gasteiger partial charge in [0.25, 0.3) is 0 Å². The van der Waals surface area contributed by atoms with Crippen LogP contribution in [0.5, 0.6) is 5.75 Å². The molecule has 0 aliphatic carbocycles. The average molecular weight is 256 g/mol. The molecule has 0 amide bonds. The van der Waals surface area contributed by atoms with Crippen LogP contribution in [0, 0.1) is 0 Å². The molecule has 2 N–H and O–H groups in total. The van der Waals surface area contributed by atoms with Crippen LogP contribution in [-0.2, 0) is 11.8 Å². The van der Waals surface area contributed by atoms with Gasteiger partial charge in [-0.3, -0.25) is 4.98 Å². The molecule has 3 nitrogen and oxygen atoms in total. The third-order valence-corrected chi connectivity index (χ3v) is 3.53. The van der Waals surface area contributed by atoms with Crippen LogP contribution in [0.3, 0.4) is 0 Å². The summed E-state index contributed by atoms with van der Waals surface area (Å²) < 4.78 is 5.29. The Morgan fingerprint density at radius 2 is 2.11 bits per heavy atom. The molecule has 0 aliphatic heterocycles. The van der Waals surface area contributed by atoms with Gasteiger partial charge in [-0.1, -0.05) is 25.1 Å². The predicted molar refractivity (Wildman–Crippen MR) is 77.3 cm³/mol. The summed E-state index contributed by atoms with van der Waals surface area (Å²) in [5.41, 5.74) is 8.29. The first kappa shape index (κ1) is 13.6. The van der Waals surface area contributed by atoms with E-state index in [9.17, 15) is 0 Å². The number of hydrogen-bond acceptors (Lipinski definition) is 3. The van der Waals surface area contributed by atoms with Gasteiger partial charge in [0.1, 0.15) is 5.75 Å². The fourth-order valence-corrected chi connectivity index (χ4v) is 2.24. The lowest BCUT2D eigenvalue weighted by atomic mass is 9.77. The zero-order valence-electron chi connectivity index (χ0n) is 11.5. The molecule has 0 radical (unpaired) electrons. The molecule has 1 aromatic carbocycles. The second kappa shape index (κ2) is 5.85. The molecule has 2 rings (SSSR count). The quantitative estimate of drug-likeness (QED) is 0.894. The molecule has 1 heterocycles. The number of rotatable bonds is 5. The lowest BCUT2D eigenvalue weighted by Gasteiger charge is -2.29. The van der Waals surface area contributed by atoms with E-state index in [0.29, 0.717) is 6.54 Å².